The van der Waals surface area contributed by atoms with Gasteiger partial charge in [0, 0.05) is 13.2 Å². The molecule has 120 valence electrons. The highest BCUT2D eigenvalue weighted by Gasteiger charge is 2.20. The molecule has 0 aliphatic carbocycles. The lowest BCUT2D eigenvalue weighted by Gasteiger charge is -2.07. The van der Waals surface area contributed by atoms with Crippen LogP contribution in [-0.4, -0.2) is 29.0 Å². The number of benzene rings is 1. The first-order valence-electron chi connectivity index (χ1n) is 6.47. The number of imide groups is 1. The third-order valence-corrected chi connectivity index (χ3v) is 2.93. The first kappa shape index (κ1) is 16.3. The number of hydrogen-bond donors (Lipinski definition) is 1. The van der Waals surface area contributed by atoms with E-state index in [4.69, 9.17) is 0 Å². The van der Waals surface area contributed by atoms with E-state index in [1.165, 1.54) is 10.6 Å². The lowest BCUT2D eigenvalue weighted by atomic mass is 10.2. The van der Waals surface area contributed by atoms with Gasteiger partial charge in [-0.2, -0.15) is 0 Å². The van der Waals surface area contributed by atoms with Crippen LogP contribution in [0.15, 0.2) is 36.5 Å². The molecule has 2 rings (SSSR count). The summed E-state index contributed by atoms with van der Waals surface area (Å²) in [6.45, 7) is -0.844. The standard InChI is InChI=1S/C15H12F2N2O4/c1-19-7-3-6-11(19)14(21)18-12(20)8-23-15(22)13-9(16)4-2-5-10(13)17/h2-7H,8H2,1H3,(H,18,20,21). The van der Waals surface area contributed by atoms with Crippen LogP contribution in [-0.2, 0) is 16.6 Å². The normalized spacial score (nSPS) is 10.2. The van der Waals surface area contributed by atoms with Crippen LogP contribution < -0.4 is 5.32 Å². The molecule has 0 fully saturated rings. The van der Waals surface area contributed by atoms with E-state index in [1.807, 2.05) is 5.32 Å². The molecule has 1 aromatic carbocycles. The van der Waals surface area contributed by atoms with Gasteiger partial charge in [-0.1, -0.05) is 6.07 Å². The summed E-state index contributed by atoms with van der Waals surface area (Å²) in [6.07, 6.45) is 1.61. The van der Waals surface area contributed by atoms with Gasteiger partial charge < -0.3 is 9.30 Å². The molecule has 6 nitrogen and oxygen atoms in total. The van der Waals surface area contributed by atoms with E-state index in [-0.39, 0.29) is 5.69 Å². The molecule has 0 saturated heterocycles. The average molecular weight is 322 g/mol. The molecule has 2 amide bonds. The summed E-state index contributed by atoms with van der Waals surface area (Å²) in [7, 11) is 1.61. The molecule has 0 saturated carbocycles. The van der Waals surface area contributed by atoms with Crippen LogP contribution in [0.5, 0.6) is 0 Å². The van der Waals surface area contributed by atoms with E-state index in [1.54, 1.807) is 19.3 Å². The molecule has 1 N–H and O–H groups in total. The molecule has 0 aliphatic rings. The van der Waals surface area contributed by atoms with Gasteiger partial charge in [-0.05, 0) is 24.3 Å². The number of nitrogens with zero attached hydrogens (tertiary/aromatic N) is 1. The van der Waals surface area contributed by atoms with Crippen molar-refractivity contribution < 1.29 is 27.9 Å². The summed E-state index contributed by atoms with van der Waals surface area (Å²) in [5.41, 5.74) is -0.668. The van der Waals surface area contributed by atoms with Gasteiger partial charge in [0.25, 0.3) is 11.8 Å². The number of nitrogens with one attached hydrogen (secondary N) is 1. The van der Waals surface area contributed by atoms with Crippen molar-refractivity contribution in [2.45, 2.75) is 0 Å². The Morgan fingerprint density at radius 3 is 2.35 bits per heavy atom. The summed E-state index contributed by atoms with van der Waals surface area (Å²) in [6, 6.07) is 5.97. The number of carbonyl (C=O) groups excluding carboxylic acids is 3. The van der Waals surface area contributed by atoms with Gasteiger partial charge in [0.2, 0.25) is 0 Å². The number of ether oxygens (including phenoxy) is 1. The molecular weight excluding hydrogens is 310 g/mol. The van der Waals surface area contributed by atoms with Crippen molar-refractivity contribution in [3.63, 3.8) is 0 Å². The fourth-order valence-corrected chi connectivity index (χ4v) is 1.82. The lowest BCUT2D eigenvalue weighted by Crippen LogP contribution is -2.35. The lowest BCUT2D eigenvalue weighted by molar-refractivity contribution is -0.123. The van der Waals surface area contributed by atoms with Crippen LogP contribution in [0.4, 0.5) is 8.78 Å². The maximum Gasteiger partial charge on any atom is 0.344 e. The zero-order valence-electron chi connectivity index (χ0n) is 12.0. The maximum atomic E-state index is 13.4. The Labute approximate surface area is 129 Å². The van der Waals surface area contributed by atoms with Crippen LogP contribution in [0.25, 0.3) is 0 Å². The van der Waals surface area contributed by atoms with Crippen molar-refractivity contribution in [3.8, 4) is 0 Å². The molecule has 0 bridgehead atoms. The average Bonchev–Trinajstić information content (AvgIpc) is 2.91. The molecule has 0 spiro atoms. The third-order valence-electron chi connectivity index (χ3n) is 2.93. The number of amides is 2. The Hall–Kier alpha value is -3.03. The number of halogens is 2. The zero-order valence-corrected chi connectivity index (χ0v) is 12.0. The molecule has 0 radical (unpaired) electrons. The predicted octanol–water partition coefficient (Wildman–Crippen LogP) is 1.42. The summed E-state index contributed by atoms with van der Waals surface area (Å²) in [4.78, 5) is 34.9. The van der Waals surface area contributed by atoms with E-state index >= 15 is 0 Å². The highest BCUT2D eigenvalue weighted by atomic mass is 19.1. The third kappa shape index (κ3) is 3.79. The van der Waals surface area contributed by atoms with Crippen molar-refractivity contribution in [3.05, 3.63) is 59.4 Å². The van der Waals surface area contributed by atoms with Gasteiger partial charge in [0.15, 0.2) is 6.61 Å². The van der Waals surface area contributed by atoms with Gasteiger partial charge in [-0.15, -0.1) is 0 Å². The van der Waals surface area contributed by atoms with Crippen LogP contribution in [0.3, 0.4) is 0 Å². The zero-order chi connectivity index (χ0) is 17.0. The van der Waals surface area contributed by atoms with Gasteiger partial charge in [0.05, 0.1) is 0 Å². The fourth-order valence-electron chi connectivity index (χ4n) is 1.82. The second-order valence-corrected chi connectivity index (χ2v) is 4.55. The Morgan fingerprint density at radius 1 is 1.13 bits per heavy atom. The van der Waals surface area contributed by atoms with Crippen LogP contribution in [0.1, 0.15) is 20.8 Å². The Kier molecular flexibility index (Phi) is 4.85. The summed E-state index contributed by atoms with van der Waals surface area (Å²) in [5.74, 6) is -5.13. The smallest absolute Gasteiger partial charge is 0.344 e. The first-order valence-corrected chi connectivity index (χ1v) is 6.47. The van der Waals surface area contributed by atoms with Gasteiger partial charge >= 0.3 is 5.97 Å². The van der Waals surface area contributed by atoms with Crippen molar-refractivity contribution in [2.24, 2.45) is 7.05 Å². The number of esters is 1. The molecule has 0 unspecified atom stereocenters. The summed E-state index contributed by atoms with van der Waals surface area (Å²) in [5, 5.41) is 2.00. The second-order valence-electron chi connectivity index (χ2n) is 4.55. The maximum absolute atomic E-state index is 13.4. The monoisotopic (exact) mass is 322 g/mol. The molecule has 1 aromatic heterocycles. The van der Waals surface area contributed by atoms with Crippen molar-refractivity contribution in [2.75, 3.05) is 6.61 Å². The Bertz CT molecular complexity index is 750. The molecule has 0 aliphatic heterocycles. The van der Waals surface area contributed by atoms with E-state index in [9.17, 15) is 23.2 Å². The van der Waals surface area contributed by atoms with Crippen molar-refractivity contribution >= 4 is 17.8 Å². The summed E-state index contributed by atoms with van der Waals surface area (Å²) < 4.78 is 32.7. The fraction of sp³-hybridized carbons (Fsp3) is 0.133. The van der Waals surface area contributed by atoms with Crippen LogP contribution in [0.2, 0.25) is 0 Å². The summed E-state index contributed by atoms with van der Waals surface area (Å²) >= 11 is 0. The van der Waals surface area contributed by atoms with Gasteiger partial charge in [0.1, 0.15) is 22.9 Å². The minimum Gasteiger partial charge on any atom is -0.452 e. The highest BCUT2D eigenvalue weighted by molar-refractivity contribution is 6.04. The number of hydrogen-bond acceptors (Lipinski definition) is 4. The topological polar surface area (TPSA) is 77.4 Å². The number of carbonyl (C=O) groups is 3. The highest BCUT2D eigenvalue weighted by Crippen LogP contribution is 2.13. The molecule has 1 heterocycles. The van der Waals surface area contributed by atoms with Crippen LogP contribution in [0, 0.1) is 11.6 Å². The SMILES string of the molecule is Cn1cccc1C(=O)NC(=O)COC(=O)c1c(F)cccc1F. The van der Waals surface area contributed by atoms with E-state index in [2.05, 4.69) is 4.74 Å². The van der Waals surface area contributed by atoms with E-state index < -0.39 is 41.6 Å². The van der Waals surface area contributed by atoms with Gasteiger partial charge in [-0.3, -0.25) is 14.9 Å². The van der Waals surface area contributed by atoms with E-state index in [0.717, 1.165) is 18.2 Å². The van der Waals surface area contributed by atoms with Crippen molar-refractivity contribution in [1.82, 2.24) is 9.88 Å². The molecule has 8 heteroatoms. The van der Waals surface area contributed by atoms with E-state index in [0.29, 0.717) is 0 Å². The van der Waals surface area contributed by atoms with Gasteiger partial charge in [-0.25, -0.2) is 13.6 Å². The Morgan fingerprint density at radius 2 is 1.78 bits per heavy atom. The predicted molar refractivity (Wildman–Crippen MR) is 74.5 cm³/mol. The second kappa shape index (κ2) is 6.82. The number of rotatable bonds is 4. The minimum absolute atomic E-state index is 0.227. The quantitative estimate of drug-likeness (QED) is 0.864. The molecule has 0 atom stereocenters. The van der Waals surface area contributed by atoms with Crippen molar-refractivity contribution in [1.29, 1.82) is 0 Å². The molecular formula is C15H12F2N2O4. The minimum atomic E-state index is -1.33. The van der Waals surface area contributed by atoms with Crippen LogP contribution >= 0.6 is 0 Å². The number of aryl methyl sites for hydroxylation is 1. The number of aromatic nitrogens is 1. The molecule has 23 heavy (non-hydrogen) atoms. The Balaban J connectivity index is 1.93. The molecule has 2 aromatic rings. The largest absolute Gasteiger partial charge is 0.452 e. The first-order chi connectivity index (χ1) is 10.9.